The highest BCUT2D eigenvalue weighted by Gasteiger charge is 2.37. The molecule has 142 valence electrons. The fourth-order valence-corrected chi connectivity index (χ4v) is 2.75. The van der Waals surface area contributed by atoms with Gasteiger partial charge in [0.05, 0.1) is 18.8 Å². The molecule has 0 aliphatic carbocycles. The van der Waals surface area contributed by atoms with E-state index in [9.17, 15) is 9.18 Å². The van der Waals surface area contributed by atoms with Crippen LogP contribution in [0.2, 0.25) is 0 Å². The van der Waals surface area contributed by atoms with Crippen molar-refractivity contribution in [2.45, 2.75) is 57.7 Å². The third-order valence-electron chi connectivity index (χ3n) is 3.95. The lowest BCUT2D eigenvalue weighted by molar-refractivity contribution is -0.0245. The monoisotopic (exact) mass is 364 g/mol. The quantitative estimate of drug-likeness (QED) is 0.455. The number of alkyl halides is 1. The van der Waals surface area contributed by atoms with E-state index in [1.54, 1.807) is 20.8 Å². The molecule has 1 amide bonds. The number of carbonyl (C=O) groups excluding carboxylic acids is 1. The molecule has 7 nitrogen and oxygen atoms in total. The number of hydrogen-bond acceptors (Lipinski definition) is 4. The molecule has 1 aromatic carbocycles. The van der Waals surface area contributed by atoms with Crippen LogP contribution in [0.3, 0.4) is 0 Å². The third kappa shape index (κ3) is 5.89. The van der Waals surface area contributed by atoms with Crippen LogP contribution in [0, 0.1) is 0 Å². The molecule has 0 N–H and O–H groups in total. The van der Waals surface area contributed by atoms with Gasteiger partial charge in [0.2, 0.25) is 0 Å². The van der Waals surface area contributed by atoms with E-state index >= 15 is 0 Å². The Labute approximate surface area is 152 Å². The van der Waals surface area contributed by atoms with Gasteiger partial charge in [-0.1, -0.05) is 35.4 Å². The lowest BCUT2D eigenvalue weighted by atomic mass is 10.1. The fraction of sp³-hybridized carbons (Fsp3) is 0.611. The first-order valence-electron chi connectivity index (χ1n) is 8.62. The summed E-state index contributed by atoms with van der Waals surface area (Å²) in [5.41, 5.74) is 9.10. The maximum absolute atomic E-state index is 14.7. The van der Waals surface area contributed by atoms with Crippen molar-refractivity contribution in [2.75, 3.05) is 13.1 Å². The molecule has 0 aromatic heterocycles. The van der Waals surface area contributed by atoms with Crippen LogP contribution in [-0.2, 0) is 16.1 Å². The fourth-order valence-electron chi connectivity index (χ4n) is 2.75. The number of hydrogen-bond donors (Lipinski definition) is 0. The van der Waals surface area contributed by atoms with Crippen LogP contribution in [0.15, 0.2) is 35.4 Å². The molecule has 8 heteroatoms. The number of likely N-dealkylation sites (tertiary alicyclic amines) is 1. The summed E-state index contributed by atoms with van der Waals surface area (Å²) in [6, 6.07) is 8.55. The first-order chi connectivity index (χ1) is 12.3. The molecule has 26 heavy (non-hydrogen) atoms. The van der Waals surface area contributed by atoms with Crippen molar-refractivity contribution < 1.29 is 18.7 Å². The van der Waals surface area contributed by atoms with Crippen molar-refractivity contribution in [1.82, 2.24) is 4.90 Å². The van der Waals surface area contributed by atoms with Gasteiger partial charge < -0.3 is 14.4 Å². The summed E-state index contributed by atoms with van der Waals surface area (Å²) >= 11 is 0. The van der Waals surface area contributed by atoms with E-state index in [-0.39, 0.29) is 26.1 Å². The average Bonchev–Trinajstić information content (AvgIpc) is 2.72. The molecule has 0 bridgehead atoms. The van der Waals surface area contributed by atoms with Crippen LogP contribution < -0.4 is 0 Å². The molecule has 1 aliphatic heterocycles. The van der Waals surface area contributed by atoms with Crippen LogP contribution >= 0.6 is 0 Å². The summed E-state index contributed by atoms with van der Waals surface area (Å²) in [4.78, 5) is 16.5. The van der Waals surface area contributed by atoms with Gasteiger partial charge in [-0.25, -0.2) is 9.18 Å². The molecule has 1 saturated heterocycles. The zero-order chi connectivity index (χ0) is 19.2. The van der Waals surface area contributed by atoms with Gasteiger partial charge in [0.15, 0.2) is 0 Å². The van der Waals surface area contributed by atoms with Gasteiger partial charge in [-0.05, 0) is 38.3 Å². The number of rotatable bonds is 4. The van der Waals surface area contributed by atoms with Crippen molar-refractivity contribution in [3.63, 3.8) is 0 Å². The SMILES string of the molecule is CC(C)(C)OC(=O)N1CC[C@H](F)[C@@H](OCc2ccccc2)[C@H](N=[N+]=[N-])C1. The number of halogens is 1. The summed E-state index contributed by atoms with van der Waals surface area (Å²) in [6.45, 7) is 5.72. The molecule has 0 unspecified atom stereocenters. The average molecular weight is 364 g/mol. The van der Waals surface area contributed by atoms with Crippen molar-refractivity contribution in [1.29, 1.82) is 0 Å². The highest BCUT2D eigenvalue weighted by atomic mass is 19.1. The Hall–Kier alpha value is -2.31. The second kappa shape index (κ2) is 8.87. The van der Waals surface area contributed by atoms with Gasteiger partial charge >= 0.3 is 6.09 Å². The number of amides is 1. The van der Waals surface area contributed by atoms with Gasteiger partial charge in [0, 0.05) is 18.0 Å². The van der Waals surface area contributed by atoms with Gasteiger partial charge in [-0.15, -0.1) is 0 Å². The summed E-state index contributed by atoms with van der Waals surface area (Å²) in [5, 5.41) is 3.68. The Morgan fingerprint density at radius 2 is 2.08 bits per heavy atom. The molecule has 0 spiro atoms. The number of benzene rings is 1. The van der Waals surface area contributed by atoms with Gasteiger partial charge in [0.25, 0.3) is 0 Å². The predicted molar refractivity (Wildman–Crippen MR) is 95.3 cm³/mol. The lowest BCUT2D eigenvalue weighted by Gasteiger charge is -2.28. The summed E-state index contributed by atoms with van der Waals surface area (Å²) < 4.78 is 25.8. The highest BCUT2D eigenvalue weighted by Crippen LogP contribution is 2.23. The van der Waals surface area contributed by atoms with Crippen LogP contribution in [0.1, 0.15) is 32.8 Å². The number of carbonyl (C=O) groups is 1. The topological polar surface area (TPSA) is 87.5 Å². The summed E-state index contributed by atoms with van der Waals surface area (Å²) in [5.74, 6) is 0. The van der Waals surface area contributed by atoms with E-state index in [1.165, 1.54) is 4.90 Å². The normalized spacial score (nSPS) is 23.7. The smallest absolute Gasteiger partial charge is 0.410 e. The summed E-state index contributed by atoms with van der Waals surface area (Å²) in [7, 11) is 0. The molecular weight excluding hydrogens is 339 g/mol. The van der Waals surface area contributed by atoms with Crippen LogP contribution in [0.4, 0.5) is 9.18 Å². The number of azide groups is 1. The molecule has 0 saturated carbocycles. The van der Waals surface area contributed by atoms with Crippen LogP contribution in [0.5, 0.6) is 0 Å². The van der Waals surface area contributed by atoms with E-state index < -0.39 is 30.0 Å². The highest BCUT2D eigenvalue weighted by molar-refractivity contribution is 5.68. The molecular formula is C18H25FN4O3. The maximum atomic E-state index is 14.7. The van der Waals surface area contributed by atoms with E-state index in [4.69, 9.17) is 15.0 Å². The maximum Gasteiger partial charge on any atom is 0.410 e. The lowest BCUT2D eigenvalue weighted by Crippen LogP contribution is -2.43. The van der Waals surface area contributed by atoms with Crippen molar-refractivity contribution in [3.05, 3.63) is 46.3 Å². The summed E-state index contributed by atoms with van der Waals surface area (Å²) in [6.07, 6.45) is -2.72. The Bertz CT molecular complexity index is 644. The molecule has 0 radical (unpaired) electrons. The van der Waals surface area contributed by atoms with Gasteiger partial charge in [0.1, 0.15) is 11.8 Å². The molecule has 1 aliphatic rings. The van der Waals surface area contributed by atoms with Gasteiger partial charge in [-0.3, -0.25) is 0 Å². The predicted octanol–water partition coefficient (Wildman–Crippen LogP) is 4.23. The molecule has 3 atom stereocenters. The van der Waals surface area contributed by atoms with Crippen molar-refractivity contribution in [2.24, 2.45) is 5.11 Å². The Kier molecular flexibility index (Phi) is 6.83. The van der Waals surface area contributed by atoms with Crippen LogP contribution in [-0.4, -0.2) is 48.0 Å². The second-order valence-electron chi connectivity index (χ2n) is 7.26. The van der Waals surface area contributed by atoms with E-state index in [0.717, 1.165) is 5.56 Å². The van der Waals surface area contributed by atoms with Crippen LogP contribution in [0.25, 0.3) is 10.4 Å². The largest absolute Gasteiger partial charge is 0.444 e. The van der Waals surface area contributed by atoms with Gasteiger partial charge in [-0.2, -0.15) is 0 Å². The minimum absolute atomic E-state index is 0.0544. The minimum Gasteiger partial charge on any atom is -0.444 e. The number of nitrogens with zero attached hydrogens (tertiary/aromatic N) is 4. The second-order valence-corrected chi connectivity index (χ2v) is 7.26. The molecule has 1 heterocycles. The molecule has 2 rings (SSSR count). The first kappa shape index (κ1) is 20.0. The third-order valence-corrected chi connectivity index (χ3v) is 3.95. The van der Waals surface area contributed by atoms with E-state index in [1.807, 2.05) is 30.3 Å². The zero-order valence-corrected chi connectivity index (χ0v) is 15.3. The van der Waals surface area contributed by atoms with Crippen molar-refractivity contribution >= 4 is 6.09 Å². The van der Waals surface area contributed by atoms with E-state index in [2.05, 4.69) is 10.0 Å². The molecule has 1 fully saturated rings. The molecule has 1 aromatic rings. The standard InChI is InChI=1S/C18H25FN4O3/c1-18(2,3)26-17(24)23-10-9-14(19)16(15(11-23)21-22-20)25-12-13-7-5-4-6-8-13/h4-8,14-16H,9-12H2,1-3H3/t14-,15+,16+/m0/s1. The Morgan fingerprint density at radius 1 is 1.38 bits per heavy atom. The van der Waals surface area contributed by atoms with E-state index in [0.29, 0.717) is 0 Å². The first-order valence-corrected chi connectivity index (χ1v) is 8.62. The Balaban J connectivity index is 2.10. The minimum atomic E-state index is -1.35. The van der Waals surface area contributed by atoms with Crippen molar-refractivity contribution in [3.8, 4) is 0 Å². The Morgan fingerprint density at radius 3 is 2.69 bits per heavy atom. The zero-order valence-electron chi connectivity index (χ0n) is 15.3. The number of ether oxygens (including phenoxy) is 2.